The molecule has 4 rings (SSSR count). The molecule has 12 heteroatoms. The molecule has 1 aromatic heterocycles. The fourth-order valence-electron chi connectivity index (χ4n) is 4.55. The average molecular weight is 614 g/mol. The van der Waals surface area contributed by atoms with Crippen molar-refractivity contribution in [3.8, 4) is 0 Å². The van der Waals surface area contributed by atoms with Gasteiger partial charge in [0.25, 0.3) is 17.7 Å². The minimum absolute atomic E-state index is 0.0798. The van der Waals surface area contributed by atoms with Crippen LogP contribution >= 0.6 is 0 Å². The Balaban J connectivity index is 1.51. The lowest BCUT2D eigenvalue weighted by Gasteiger charge is -2.30. The van der Waals surface area contributed by atoms with E-state index in [0.717, 1.165) is 0 Å². The van der Waals surface area contributed by atoms with Crippen LogP contribution in [0.2, 0.25) is 0 Å². The maximum atomic E-state index is 13.1. The van der Waals surface area contributed by atoms with Crippen molar-refractivity contribution in [1.82, 2.24) is 25.9 Å². The summed E-state index contributed by atoms with van der Waals surface area (Å²) >= 11 is 0. The number of aromatic nitrogens is 2. The Morgan fingerprint density at radius 3 is 1.47 bits per heavy atom. The third-order valence-electron chi connectivity index (χ3n) is 7.10. The molecule has 1 heterocycles. The summed E-state index contributed by atoms with van der Waals surface area (Å²) in [7, 11) is 0. The molecule has 0 aliphatic rings. The lowest BCUT2D eigenvalue weighted by Crippen LogP contribution is -2.52. The number of benzene rings is 3. The Bertz CT molecular complexity index is 1530. The van der Waals surface area contributed by atoms with Crippen molar-refractivity contribution in [2.75, 3.05) is 13.2 Å². The zero-order valence-corrected chi connectivity index (χ0v) is 24.2. The highest BCUT2D eigenvalue weighted by atomic mass is 16.3. The summed E-state index contributed by atoms with van der Waals surface area (Å²) in [5, 5.41) is 49.9. The SMILES string of the molecule is O=C(N[C@H](c1cnc(C[C@H](O)[C@@H](CO)NC(=O)c2ccccc2)cn1)[C@H](O)[C@@H](CO)NC(=O)c1ccccc1)c1ccccc1. The van der Waals surface area contributed by atoms with E-state index in [4.69, 9.17) is 0 Å². The molecule has 0 aliphatic heterocycles. The van der Waals surface area contributed by atoms with E-state index < -0.39 is 61.3 Å². The number of rotatable bonds is 14. The number of carbonyl (C=O) groups excluding carboxylic acids is 3. The van der Waals surface area contributed by atoms with Crippen LogP contribution in [0.15, 0.2) is 103 Å². The van der Waals surface area contributed by atoms with Gasteiger partial charge >= 0.3 is 0 Å². The molecular formula is C33H35N5O7. The fourth-order valence-corrected chi connectivity index (χ4v) is 4.55. The number of aliphatic hydroxyl groups excluding tert-OH is 4. The van der Waals surface area contributed by atoms with Gasteiger partial charge in [-0.3, -0.25) is 24.4 Å². The Morgan fingerprint density at radius 1 is 0.600 bits per heavy atom. The van der Waals surface area contributed by atoms with Gasteiger partial charge in [0.2, 0.25) is 0 Å². The summed E-state index contributed by atoms with van der Waals surface area (Å²) < 4.78 is 0. The van der Waals surface area contributed by atoms with Crippen molar-refractivity contribution < 1.29 is 34.8 Å². The summed E-state index contributed by atoms with van der Waals surface area (Å²) in [4.78, 5) is 47.1. The number of hydrogen-bond acceptors (Lipinski definition) is 9. The Labute approximate surface area is 259 Å². The second kappa shape index (κ2) is 16.2. The van der Waals surface area contributed by atoms with Gasteiger partial charge < -0.3 is 36.4 Å². The normalized spacial score (nSPS) is 14.3. The Kier molecular flexibility index (Phi) is 11.8. The molecule has 45 heavy (non-hydrogen) atoms. The van der Waals surface area contributed by atoms with Crippen LogP contribution in [0.5, 0.6) is 0 Å². The molecule has 0 saturated heterocycles. The molecule has 234 valence electrons. The lowest BCUT2D eigenvalue weighted by molar-refractivity contribution is 0.0479. The quantitative estimate of drug-likeness (QED) is 0.108. The predicted octanol–water partition coefficient (Wildman–Crippen LogP) is 0.794. The molecule has 12 nitrogen and oxygen atoms in total. The van der Waals surface area contributed by atoms with E-state index in [0.29, 0.717) is 22.4 Å². The van der Waals surface area contributed by atoms with E-state index in [1.807, 2.05) is 0 Å². The molecule has 0 saturated carbocycles. The number of hydrogen-bond donors (Lipinski definition) is 7. The van der Waals surface area contributed by atoms with E-state index in [-0.39, 0.29) is 12.1 Å². The minimum Gasteiger partial charge on any atom is -0.394 e. The van der Waals surface area contributed by atoms with Crippen LogP contribution < -0.4 is 16.0 Å². The Morgan fingerprint density at radius 2 is 1.04 bits per heavy atom. The third-order valence-corrected chi connectivity index (χ3v) is 7.10. The maximum Gasteiger partial charge on any atom is 0.251 e. The van der Waals surface area contributed by atoms with Gasteiger partial charge in [0.1, 0.15) is 12.1 Å². The molecule has 0 unspecified atom stereocenters. The number of nitrogens with zero attached hydrogens (tertiary/aromatic N) is 2. The number of nitrogens with one attached hydrogen (secondary N) is 3. The number of amides is 3. The predicted molar refractivity (Wildman–Crippen MR) is 164 cm³/mol. The van der Waals surface area contributed by atoms with E-state index in [2.05, 4.69) is 25.9 Å². The maximum absolute atomic E-state index is 13.1. The number of carbonyl (C=O) groups is 3. The smallest absolute Gasteiger partial charge is 0.251 e. The highest BCUT2D eigenvalue weighted by molar-refractivity contribution is 5.95. The minimum atomic E-state index is -1.53. The van der Waals surface area contributed by atoms with Crippen LogP contribution in [-0.2, 0) is 6.42 Å². The molecule has 3 amide bonds. The van der Waals surface area contributed by atoms with Crippen LogP contribution in [0.4, 0.5) is 0 Å². The monoisotopic (exact) mass is 613 g/mol. The molecule has 0 radical (unpaired) electrons. The molecule has 7 N–H and O–H groups in total. The Hall–Kier alpha value is -5.01. The van der Waals surface area contributed by atoms with Gasteiger partial charge in [-0.1, -0.05) is 54.6 Å². The van der Waals surface area contributed by atoms with Gasteiger partial charge in [0, 0.05) is 29.3 Å². The van der Waals surface area contributed by atoms with Crippen LogP contribution in [-0.4, -0.2) is 85.6 Å². The molecule has 0 aliphatic carbocycles. The van der Waals surface area contributed by atoms with Crippen molar-refractivity contribution in [2.45, 2.75) is 36.8 Å². The van der Waals surface area contributed by atoms with E-state index in [1.165, 1.54) is 12.4 Å². The largest absolute Gasteiger partial charge is 0.394 e. The van der Waals surface area contributed by atoms with Crippen molar-refractivity contribution in [3.63, 3.8) is 0 Å². The first-order valence-electron chi connectivity index (χ1n) is 14.3. The van der Waals surface area contributed by atoms with E-state index >= 15 is 0 Å². The fraction of sp³-hybridized carbons (Fsp3) is 0.242. The molecule has 3 aromatic carbocycles. The first kappa shape index (κ1) is 32.9. The topological polar surface area (TPSA) is 194 Å². The van der Waals surface area contributed by atoms with Crippen LogP contribution in [0.1, 0.15) is 48.5 Å². The second-order valence-electron chi connectivity index (χ2n) is 10.3. The first-order valence-corrected chi connectivity index (χ1v) is 14.3. The van der Waals surface area contributed by atoms with Crippen molar-refractivity contribution in [1.29, 1.82) is 0 Å². The van der Waals surface area contributed by atoms with Gasteiger partial charge in [-0.15, -0.1) is 0 Å². The van der Waals surface area contributed by atoms with Crippen LogP contribution in [0, 0.1) is 0 Å². The van der Waals surface area contributed by atoms with E-state index in [1.54, 1.807) is 91.0 Å². The van der Waals surface area contributed by atoms with Crippen LogP contribution in [0.3, 0.4) is 0 Å². The zero-order valence-electron chi connectivity index (χ0n) is 24.2. The summed E-state index contributed by atoms with van der Waals surface area (Å²) in [5.74, 6) is -1.53. The summed E-state index contributed by atoms with van der Waals surface area (Å²) in [6, 6.07) is 21.5. The van der Waals surface area contributed by atoms with Crippen molar-refractivity contribution in [3.05, 3.63) is 131 Å². The van der Waals surface area contributed by atoms with Crippen molar-refractivity contribution in [2.24, 2.45) is 0 Å². The van der Waals surface area contributed by atoms with Crippen LogP contribution in [0.25, 0.3) is 0 Å². The van der Waals surface area contributed by atoms with Gasteiger partial charge in [0.15, 0.2) is 0 Å². The molecular weight excluding hydrogens is 578 g/mol. The summed E-state index contributed by atoms with van der Waals surface area (Å²) in [6.07, 6.45) is -0.201. The van der Waals surface area contributed by atoms with Gasteiger partial charge in [-0.05, 0) is 36.4 Å². The molecule has 0 spiro atoms. The standard InChI is InChI=1S/C33H35N5O7/c39-19-26(36-31(43)21-10-4-1-5-11-21)28(41)16-24-17-35-25(18-34-24)29(38-33(45)23-14-8-3-9-15-23)30(42)27(20-40)37-32(44)22-12-6-2-7-13-22/h1-15,17-18,26-30,39-42H,16,19-20H2,(H,36,43)(H,37,44)(H,38,45)/t26-,27-,28+,29-,30-/m1/s1. The second-order valence-corrected chi connectivity index (χ2v) is 10.3. The average Bonchev–Trinajstić information content (AvgIpc) is 3.09. The molecule has 0 bridgehead atoms. The van der Waals surface area contributed by atoms with Gasteiger partial charge in [0.05, 0.1) is 49.0 Å². The number of aliphatic hydroxyl groups is 4. The summed E-state index contributed by atoms with van der Waals surface area (Å²) in [6.45, 7) is -1.17. The lowest BCUT2D eigenvalue weighted by atomic mass is 9.99. The van der Waals surface area contributed by atoms with Gasteiger partial charge in [-0.2, -0.15) is 0 Å². The molecule has 4 aromatic rings. The van der Waals surface area contributed by atoms with E-state index in [9.17, 15) is 34.8 Å². The first-order chi connectivity index (χ1) is 21.8. The third kappa shape index (κ3) is 9.00. The summed E-state index contributed by atoms with van der Waals surface area (Å²) in [5.41, 5.74) is 1.42. The molecule has 5 atom stereocenters. The zero-order chi connectivity index (χ0) is 32.2. The molecule has 0 fully saturated rings. The highest BCUT2D eigenvalue weighted by Crippen LogP contribution is 2.19. The highest BCUT2D eigenvalue weighted by Gasteiger charge is 2.33. The van der Waals surface area contributed by atoms with Crippen molar-refractivity contribution >= 4 is 17.7 Å². The van der Waals surface area contributed by atoms with Gasteiger partial charge in [-0.25, -0.2) is 0 Å².